The minimum Gasteiger partial charge on any atom is -0.388 e. The standard InChI is InChI=1S/C10H17NO3S/c1-9(2,10(3,4)14)11-7(12)5-15-6-8(11)13/h14H,5-6H2,1-4H3. The van der Waals surface area contributed by atoms with Gasteiger partial charge in [-0.15, -0.1) is 11.8 Å². The van der Waals surface area contributed by atoms with Gasteiger partial charge in [0.25, 0.3) is 0 Å². The van der Waals surface area contributed by atoms with Gasteiger partial charge < -0.3 is 5.11 Å². The lowest BCUT2D eigenvalue weighted by molar-refractivity contribution is -0.159. The number of aliphatic hydroxyl groups is 1. The van der Waals surface area contributed by atoms with Crippen molar-refractivity contribution in [1.82, 2.24) is 4.90 Å². The van der Waals surface area contributed by atoms with E-state index in [-0.39, 0.29) is 11.8 Å². The highest BCUT2D eigenvalue weighted by atomic mass is 32.2. The maximum atomic E-state index is 11.7. The molecule has 1 N–H and O–H groups in total. The van der Waals surface area contributed by atoms with Crippen LogP contribution in [-0.4, -0.2) is 44.5 Å². The molecule has 86 valence electrons. The van der Waals surface area contributed by atoms with Crippen molar-refractivity contribution in [3.8, 4) is 0 Å². The fraction of sp³-hybridized carbons (Fsp3) is 0.800. The van der Waals surface area contributed by atoms with Crippen molar-refractivity contribution in [1.29, 1.82) is 0 Å². The summed E-state index contributed by atoms with van der Waals surface area (Å²) in [6, 6.07) is 0. The second kappa shape index (κ2) is 3.79. The van der Waals surface area contributed by atoms with E-state index in [4.69, 9.17) is 0 Å². The van der Waals surface area contributed by atoms with Crippen LogP contribution in [0.5, 0.6) is 0 Å². The van der Waals surface area contributed by atoms with Crippen LogP contribution in [0.4, 0.5) is 0 Å². The lowest BCUT2D eigenvalue weighted by Gasteiger charge is -2.46. The van der Waals surface area contributed by atoms with E-state index in [0.29, 0.717) is 11.5 Å². The summed E-state index contributed by atoms with van der Waals surface area (Å²) in [6.07, 6.45) is 0. The summed E-state index contributed by atoms with van der Waals surface area (Å²) in [5, 5.41) is 9.98. The Bertz CT molecular complexity index is 278. The molecular formula is C10H17NO3S. The third-order valence-corrected chi connectivity index (χ3v) is 3.91. The Morgan fingerprint density at radius 1 is 1.13 bits per heavy atom. The monoisotopic (exact) mass is 231 g/mol. The molecule has 0 aromatic carbocycles. The van der Waals surface area contributed by atoms with E-state index in [1.807, 2.05) is 0 Å². The molecule has 1 aliphatic rings. The van der Waals surface area contributed by atoms with E-state index in [9.17, 15) is 14.7 Å². The largest absolute Gasteiger partial charge is 0.388 e. The highest BCUT2D eigenvalue weighted by Gasteiger charge is 2.46. The Morgan fingerprint density at radius 3 is 1.87 bits per heavy atom. The first kappa shape index (κ1) is 12.5. The third-order valence-electron chi connectivity index (χ3n) is 3.01. The number of hydrogen-bond donors (Lipinski definition) is 1. The Morgan fingerprint density at radius 2 is 1.53 bits per heavy atom. The van der Waals surface area contributed by atoms with Crippen molar-refractivity contribution in [2.24, 2.45) is 0 Å². The van der Waals surface area contributed by atoms with E-state index in [0.717, 1.165) is 0 Å². The van der Waals surface area contributed by atoms with Gasteiger partial charge in [-0.25, -0.2) is 0 Å². The van der Waals surface area contributed by atoms with Gasteiger partial charge in [0.15, 0.2) is 0 Å². The minimum absolute atomic E-state index is 0.219. The average molecular weight is 231 g/mol. The zero-order valence-corrected chi connectivity index (χ0v) is 10.3. The summed E-state index contributed by atoms with van der Waals surface area (Å²) in [5.41, 5.74) is -1.98. The minimum atomic E-state index is -1.11. The van der Waals surface area contributed by atoms with Gasteiger partial charge in [0, 0.05) is 0 Å². The highest BCUT2D eigenvalue weighted by molar-refractivity contribution is 8.00. The molecule has 0 atom stereocenters. The molecule has 1 rings (SSSR count). The summed E-state index contributed by atoms with van der Waals surface area (Å²) >= 11 is 1.32. The molecule has 0 spiro atoms. The molecule has 0 radical (unpaired) electrons. The van der Waals surface area contributed by atoms with Crippen LogP contribution in [0.25, 0.3) is 0 Å². The van der Waals surface area contributed by atoms with Crippen LogP contribution < -0.4 is 0 Å². The van der Waals surface area contributed by atoms with Gasteiger partial charge in [0.1, 0.15) is 0 Å². The molecule has 1 saturated heterocycles. The van der Waals surface area contributed by atoms with Gasteiger partial charge in [-0.3, -0.25) is 14.5 Å². The molecule has 1 heterocycles. The molecule has 2 amide bonds. The number of carbonyl (C=O) groups is 2. The quantitative estimate of drug-likeness (QED) is 0.708. The first-order valence-electron chi connectivity index (χ1n) is 4.84. The molecule has 0 aromatic heterocycles. The maximum absolute atomic E-state index is 11.7. The molecule has 15 heavy (non-hydrogen) atoms. The summed E-state index contributed by atoms with van der Waals surface area (Å²) in [5.74, 6) is 0.183. The number of hydrogen-bond acceptors (Lipinski definition) is 4. The Kier molecular flexibility index (Phi) is 3.16. The van der Waals surface area contributed by atoms with Crippen LogP contribution >= 0.6 is 11.8 Å². The number of imide groups is 1. The molecule has 0 bridgehead atoms. The zero-order valence-electron chi connectivity index (χ0n) is 9.53. The lowest BCUT2D eigenvalue weighted by atomic mass is 9.84. The van der Waals surface area contributed by atoms with Gasteiger partial charge in [-0.1, -0.05) is 0 Å². The Hall–Kier alpha value is -0.550. The third kappa shape index (κ3) is 2.18. The van der Waals surface area contributed by atoms with Crippen molar-refractivity contribution >= 4 is 23.6 Å². The first-order chi connectivity index (χ1) is 6.68. The summed E-state index contributed by atoms with van der Waals surface area (Å²) in [4.78, 5) is 24.5. The molecular weight excluding hydrogens is 214 g/mol. The fourth-order valence-electron chi connectivity index (χ4n) is 1.39. The van der Waals surface area contributed by atoms with E-state index in [1.165, 1.54) is 16.7 Å². The number of carbonyl (C=O) groups excluding carboxylic acids is 2. The van der Waals surface area contributed by atoms with Crippen LogP contribution in [0.3, 0.4) is 0 Å². The number of amides is 2. The fourth-order valence-corrected chi connectivity index (χ4v) is 2.10. The number of thioether (sulfide) groups is 1. The first-order valence-corrected chi connectivity index (χ1v) is 5.99. The molecule has 4 nitrogen and oxygen atoms in total. The van der Waals surface area contributed by atoms with Gasteiger partial charge in [0.2, 0.25) is 11.8 Å². The van der Waals surface area contributed by atoms with E-state index < -0.39 is 11.1 Å². The predicted octanol–water partition coefficient (Wildman–Crippen LogP) is 0.638. The second-order valence-corrected chi connectivity index (χ2v) is 5.72. The van der Waals surface area contributed by atoms with Crippen molar-refractivity contribution < 1.29 is 14.7 Å². The van der Waals surface area contributed by atoms with Crippen molar-refractivity contribution in [2.45, 2.75) is 38.8 Å². The Balaban J connectivity index is 3.03. The molecule has 1 fully saturated rings. The number of nitrogens with zero attached hydrogens (tertiary/aromatic N) is 1. The van der Waals surface area contributed by atoms with Crippen LogP contribution in [-0.2, 0) is 9.59 Å². The smallest absolute Gasteiger partial charge is 0.239 e. The van der Waals surface area contributed by atoms with Crippen LogP contribution in [0.2, 0.25) is 0 Å². The van der Waals surface area contributed by atoms with Crippen LogP contribution in [0.15, 0.2) is 0 Å². The normalized spacial score (nSPS) is 19.7. The lowest BCUT2D eigenvalue weighted by Crippen LogP contribution is -2.63. The highest BCUT2D eigenvalue weighted by Crippen LogP contribution is 2.31. The van der Waals surface area contributed by atoms with Gasteiger partial charge in [0.05, 0.1) is 22.6 Å². The van der Waals surface area contributed by atoms with E-state index in [2.05, 4.69) is 0 Å². The van der Waals surface area contributed by atoms with Crippen LogP contribution in [0.1, 0.15) is 27.7 Å². The molecule has 1 aliphatic heterocycles. The maximum Gasteiger partial charge on any atom is 0.239 e. The topological polar surface area (TPSA) is 57.6 Å². The predicted molar refractivity (Wildman–Crippen MR) is 59.6 cm³/mol. The van der Waals surface area contributed by atoms with Gasteiger partial charge in [-0.2, -0.15) is 0 Å². The SMILES string of the molecule is CC(C)(O)C(C)(C)N1C(=O)CSCC1=O. The van der Waals surface area contributed by atoms with Crippen molar-refractivity contribution in [3.63, 3.8) is 0 Å². The average Bonchev–Trinajstić information content (AvgIpc) is 2.00. The van der Waals surface area contributed by atoms with Crippen LogP contribution in [0, 0.1) is 0 Å². The Labute approximate surface area is 94.0 Å². The zero-order chi connectivity index (χ0) is 11.9. The van der Waals surface area contributed by atoms with Crippen molar-refractivity contribution in [2.75, 3.05) is 11.5 Å². The van der Waals surface area contributed by atoms with Gasteiger partial charge >= 0.3 is 0 Å². The van der Waals surface area contributed by atoms with Crippen molar-refractivity contribution in [3.05, 3.63) is 0 Å². The molecule has 0 aromatic rings. The summed E-state index contributed by atoms with van der Waals surface area (Å²) in [6.45, 7) is 6.63. The molecule has 0 aliphatic carbocycles. The molecule has 5 heteroatoms. The van der Waals surface area contributed by atoms with E-state index >= 15 is 0 Å². The molecule has 0 saturated carbocycles. The molecule has 0 unspecified atom stereocenters. The van der Waals surface area contributed by atoms with Gasteiger partial charge in [-0.05, 0) is 27.7 Å². The number of rotatable bonds is 2. The second-order valence-electron chi connectivity index (χ2n) is 4.73. The van der Waals surface area contributed by atoms with E-state index in [1.54, 1.807) is 27.7 Å². The summed E-state index contributed by atoms with van der Waals surface area (Å²) < 4.78 is 0. The summed E-state index contributed by atoms with van der Waals surface area (Å²) in [7, 11) is 0.